The maximum Gasteiger partial charge on any atom is 0.235 e. The summed E-state index contributed by atoms with van der Waals surface area (Å²) in [4.78, 5) is 14.7. The number of carbonyl (C=O) groups is 1. The van der Waals surface area contributed by atoms with Gasteiger partial charge in [0.15, 0.2) is 8.29 Å². The van der Waals surface area contributed by atoms with Crippen molar-refractivity contribution in [3.63, 3.8) is 0 Å². The zero-order valence-corrected chi connectivity index (χ0v) is 17.1. The Morgan fingerprint density at radius 3 is 2.60 bits per heavy atom. The molecule has 1 aliphatic rings. The van der Waals surface area contributed by atoms with Crippen LogP contribution in [0.25, 0.3) is 5.69 Å². The second kappa shape index (κ2) is 8.47. The maximum atomic E-state index is 12.7. The minimum Gasteiger partial charge on any atom is -0.342 e. The third-order valence-corrected chi connectivity index (χ3v) is 6.82. The number of amides is 1. The van der Waals surface area contributed by atoms with Crippen LogP contribution in [0.3, 0.4) is 0 Å². The highest BCUT2D eigenvalue weighted by atomic mass is 32.2. The van der Waals surface area contributed by atoms with E-state index in [1.54, 1.807) is 4.68 Å². The van der Waals surface area contributed by atoms with Crippen molar-refractivity contribution in [1.82, 2.24) is 14.7 Å². The van der Waals surface area contributed by atoms with Gasteiger partial charge in [0.1, 0.15) is 0 Å². The van der Waals surface area contributed by atoms with Crippen LogP contribution in [0.5, 0.6) is 0 Å². The summed E-state index contributed by atoms with van der Waals surface area (Å²) < 4.78 is 3.37. The number of rotatable bonds is 4. The van der Waals surface area contributed by atoms with E-state index in [9.17, 15) is 4.79 Å². The first kappa shape index (κ1) is 18.6. The molecule has 1 aliphatic heterocycles. The van der Waals surface area contributed by atoms with Crippen LogP contribution in [0, 0.1) is 10.9 Å². The molecule has 0 bridgehead atoms. The van der Waals surface area contributed by atoms with Crippen LogP contribution in [0.4, 0.5) is 0 Å². The topological polar surface area (TPSA) is 38.1 Å². The van der Waals surface area contributed by atoms with E-state index in [0.29, 0.717) is 3.95 Å². The molecule has 0 unspecified atom stereocenters. The number of thioether (sulfide) groups is 1. The molecule has 2 aromatic rings. The van der Waals surface area contributed by atoms with E-state index in [4.69, 9.17) is 12.2 Å². The first-order valence-corrected chi connectivity index (χ1v) is 10.8. The van der Waals surface area contributed by atoms with Gasteiger partial charge in [0.05, 0.1) is 10.9 Å². The highest BCUT2D eigenvalue weighted by Gasteiger charge is 2.23. The molecule has 25 heavy (non-hydrogen) atoms. The van der Waals surface area contributed by atoms with Gasteiger partial charge in [-0.2, -0.15) is 0 Å². The van der Waals surface area contributed by atoms with Crippen molar-refractivity contribution in [3.8, 4) is 5.69 Å². The lowest BCUT2D eigenvalue weighted by molar-refractivity contribution is -0.130. The Bertz CT molecular complexity index is 791. The molecule has 134 valence electrons. The van der Waals surface area contributed by atoms with Crippen molar-refractivity contribution in [2.75, 3.05) is 13.1 Å². The van der Waals surface area contributed by atoms with E-state index >= 15 is 0 Å². The highest BCUT2D eigenvalue weighted by molar-refractivity contribution is 8.02. The van der Waals surface area contributed by atoms with Gasteiger partial charge in [-0.25, -0.2) is 4.68 Å². The minimum absolute atomic E-state index is 0.135. The molecule has 0 saturated carbocycles. The molecule has 3 rings (SSSR count). The average molecular weight is 394 g/mol. The predicted molar refractivity (Wildman–Crippen MR) is 107 cm³/mol. The molecule has 1 aromatic carbocycles. The number of nitrogens with zero attached hydrogens (tertiary/aromatic N) is 3. The van der Waals surface area contributed by atoms with E-state index in [1.807, 2.05) is 30.0 Å². The van der Waals surface area contributed by atoms with Gasteiger partial charge in [0, 0.05) is 13.1 Å². The number of aryl methyl sites for hydroxylation is 1. The first-order valence-electron chi connectivity index (χ1n) is 8.68. The fourth-order valence-corrected chi connectivity index (χ4v) is 5.59. The van der Waals surface area contributed by atoms with Crippen LogP contribution in [-0.4, -0.2) is 38.9 Å². The van der Waals surface area contributed by atoms with Gasteiger partial charge in [0.2, 0.25) is 5.91 Å². The zero-order valence-electron chi connectivity index (χ0n) is 14.6. The molecular weight excluding hydrogens is 370 g/mol. The van der Waals surface area contributed by atoms with Crippen molar-refractivity contribution in [2.45, 2.75) is 49.1 Å². The lowest BCUT2D eigenvalue weighted by Gasteiger charge is -2.23. The third-order valence-electron chi connectivity index (χ3n) is 4.42. The van der Waals surface area contributed by atoms with E-state index < -0.39 is 0 Å². The van der Waals surface area contributed by atoms with Gasteiger partial charge in [-0.15, -0.1) is 5.10 Å². The molecule has 4 nitrogen and oxygen atoms in total. The van der Waals surface area contributed by atoms with Gasteiger partial charge < -0.3 is 4.90 Å². The second-order valence-corrected chi connectivity index (χ2v) is 9.54. The Morgan fingerprint density at radius 2 is 1.92 bits per heavy atom. The monoisotopic (exact) mass is 393 g/mol. The summed E-state index contributed by atoms with van der Waals surface area (Å²) in [5.74, 6) is 0.218. The molecule has 1 atom stereocenters. The van der Waals surface area contributed by atoms with Crippen LogP contribution in [0.15, 0.2) is 28.6 Å². The molecular formula is C18H23N3OS3. The Hall–Kier alpha value is -1.18. The van der Waals surface area contributed by atoms with Crippen LogP contribution in [0.1, 0.15) is 38.2 Å². The van der Waals surface area contributed by atoms with Crippen LogP contribution in [0.2, 0.25) is 0 Å². The highest BCUT2D eigenvalue weighted by Crippen LogP contribution is 2.29. The Labute approximate surface area is 162 Å². The van der Waals surface area contributed by atoms with Crippen molar-refractivity contribution in [2.24, 2.45) is 0 Å². The lowest BCUT2D eigenvalue weighted by atomic mass is 10.2. The van der Waals surface area contributed by atoms with Crippen molar-refractivity contribution in [1.29, 1.82) is 0 Å². The first-order chi connectivity index (χ1) is 12.1. The number of likely N-dealkylation sites (tertiary alicyclic amines) is 1. The van der Waals surface area contributed by atoms with Crippen molar-refractivity contribution < 1.29 is 4.79 Å². The number of hydrogen-bond donors (Lipinski definition) is 0. The largest absolute Gasteiger partial charge is 0.342 e. The summed E-state index contributed by atoms with van der Waals surface area (Å²) in [5.41, 5.74) is 2.14. The Balaban J connectivity index is 1.73. The number of para-hydroxylation sites is 1. The molecule has 1 fully saturated rings. The molecule has 1 saturated heterocycles. The summed E-state index contributed by atoms with van der Waals surface area (Å²) in [6.07, 6.45) is 4.69. The van der Waals surface area contributed by atoms with Gasteiger partial charge >= 0.3 is 0 Å². The van der Waals surface area contributed by atoms with E-state index in [1.165, 1.54) is 35.9 Å². The average Bonchev–Trinajstić information content (AvgIpc) is 2.80. The normalized spacial score (nSPS) is 16.5. The van der Waals surface area contributed by atoms with E-state index in [0.717, 1.165) is 41.5 Å². The molecule has 0 radical (unpaired) electrons. The fourth-order valence-electron chi connectivity index (χ4n) is 3.01. The quantitative estimate of drug-likeness (QED) is 0.549. The van der Waals surface area contributed by atoms with Crippen LogP contribution < -0.4 is 0 Å². The van der Waals surface area contributed by atoms with Crippen molar-refractivity contribution >= 4 is 41.2 Å². The second-order valence-electron chi connectivity index (χ2n) is 6.33. The summed E-state index contributed by atoms with van der Waals surface area (Å²) in [6.45, 7) is 5.80. The van der Waals surface area contributed by atoms with Crippen LogP contribution >= 0.6 is 35.3 Å². The van der Waals surface area contributed by atoms with Gasteiger partial charge in [0.25, 0.3) is 0 Å². The molecule has 0 spiro atoms. The third kappa shape index (κ3) is 4.51. The maximum absolute atomic E-state index is 12.7. The Morgan fingerprint density at radius 1 is 1.24 bits per heavy atom. The predicted octanol–water partition coefficient (Wildman–Crippen LogP) is 4.85. The number of carbonyl (C=O) groups excluding carboxylic acids is 1. The number of aromatic nitrogens is 2. The van der Waals surface area contributed by atoms with Gasteiger partial charge in [-0.3, -0.25) is 4.79 Å². The molecule has 2 heterocycles. The Kier molecular flexibility index (Phi) is 6.30. The molecule has 7 heteroatoms. The summed E-state index contributed by atoms with van der Waals surface area (Å²) in [5, 5.41) is 4.51. The lowest BCUT2D eigenvalue weighted by Crippen LogP contribution is -2.37. The minimum atomic E-state index is -0.135. The van der Waals surface area contributed by atoms with Crippen LogP contribution in [-0.2, 0) is 4.79 Å². The van der Waals surface area contributed by atoms with Gasteiger partial charge in [-0.1, -0.05) is 54.1 Å². The molecule has 1 amide bonds. The zero-order chi connectivity index (χ0) is 17.8. The number of benzene rings is 1. The SMILES string of the molecule is Cc1ccccc1-n1nc(S[C@@H](C)C(=O)N2CCCCCC2)sc1=S. The smallest absolute Gasteiger partial charge is 0.235 e. The fraction of sp³-hybridized carbons (Fsp3) is 0.500. The van der Waals surface area contributed by atoms with Gasteiger partial charge in [-0.05, 0) is 50.5 Å². The standard InChI is InChI=1S/C18H23N3OS3/c1-13-9-5-6-10-15(13)21-18(23)25-17(19-21)24-14(2)16(22)20-11-7-3-4-8-12-20/h5-6,9-10,14H,3-4,7-8,11-12H2,1-2H3/t14-/m0/s1. The van der Waals surface area contributed by atoms with E-state index in [2.05, 4.69) is 18.1 Å². The molecule has 1 aromatic heterocycles. The summed E-state index contributed by atoms with van der Waals surface area (Å²) in [7, 11) is 0. The molecule has 0 aliphatic carbocycles. The summed E-state index contributed by atoms with van der Waals surface area (Å²) >= 11 is 8.48. The van der Waals surface area contributed by atoms with E-state index in [-0.39, 0.29) is 11.2 Å². The molecule has 0 N–H and O–H groups in total. The number of hydrogen-bond acceptors (Lipinski definition) is 5. The van der Waals surface area contributed by atoms with Crippen molar-refractivity contribution in [3.05, 3.63) is 33.8 Å². The summed E-state index contributed by atoms with van der Waals surface area (Å²) in [6, 6.07) is 8.06.